The molecule has 2 N–H and O–H groups in total. The van der Waals surface area contributed by atoms with Crippen LogP contribution in [0, 0.1) is 12.3 Å². The Balaban J connectivity index is 2.61. The third kappa shape index (κ3) is 5.03. The Bertz CT molecular complexity index is 367. The standard InChI is InChI=1S/C13H20N2O3S/c1-3-5-10(4-2)14-13(18)15-6-7-19-9-11(15)8-12(16)17/h2,10-11H,3,5-9H2,1H3,(H,14,18)(H,16,17). The first-order valence-corrected chi connectivity index (χ1v) is 7.56. The summed E-state index contributed by atoms with van der Waals surface area (Å²) in [5.41, 5.74) is 0. The van der Waals surface area contributed by atoms with Crippen molar-refractivity contribution in [1.29, 1.82) is 0 Å². The number of rotatable bonds is 5. The van der Waals surface area contributed by atoms with E-state index >= 15 is 0 Å². The van der Waals surface area contributed by atoms with Crippen molar-refractivity contribution in [3.63, 3.8) is 0 Å². The van der Waals surface area contributed by atoms with Crippen molar-refractivity contribution in [2.24, 2.45) is 0 Å². The molecule has 2 unspecified atom stereocenters. The van der Waals surface area contributed by atoms with Crippen LogP contribution in [0.4, 0.5) is 4.79 Å². The van der Waals surface area contributed by atoms with Gasteiger partial charge in [-0.15, -0.1) is 6.42 Å². The molecule has 0 aromatic heterocycles. The van der Waals surface area contributed by atoms with Gasteiger partial charge in [0.2, 0.25) is 0 Å². The van der Waals surface area contributed by atoms with E-state index in [1.54, 1.807) is 16.7 Å². The van der Waals surface area contributed by atoms with Gasteiger partial charge in [0.25, 0.3) is 0 Å². The van der Waals surface area contributed by atoms with E-state index in [1.165, 1.54) is 0 Å². The van der Waals surface area contributed by atoms with E-state index in [0.717, 1.165) is 18.6 Å². The SMILES string of the molecule is C#CC(CCC)NC(=O)N1CCSCC1CC(=O)O. The number of nitrogens with zero attached hydrogens (tertiary/aromatic N) is 1. The summed E-state index contributed by atoms with van der Waals surface area (Å²) in [5.74, 6) is 3.16. The summed E-state index contributed by atoms with van der Waals surface area (Å²) in [6, 6.07) is -0.781. The van der Waals surface area contributed by atoms with Crippen molar-refractivity contribution in [1.82, 2.24) is 10.2 Å². The first-order chi connectivity index (χ1) is 9.08. The average Bonchev–Trinajstić information content (AvgIpc) is 2.38. The van der Waals surface area contributed by atoms with Crippen LogP contribution in [0.25, 0.3) is 0 Å². The van der Waals surface area contributed by atoms with E-state index < -0.39 is 5.97 Å². The largest absolute Gasteiger partial charge is 0.481 e. The Labute approximate surface area is 118 Å². The van der Waals surface area contributed by atoms with Gasteiger partial charge in [-0.2, -0.15) is 11.8 Å². The molecule has 0 saturated carbocycles. The maximum atomic E-state index is 12.2. The normalized spacial score (nSPS) is 20.4. The Kier molecular flexibility index (Phi) is 6.57. The lowest BCUT2D eigenvalue weighted by atomic mass is 10.1. The van der Waals surface area contributed by atoms with Crippen LogP contribution in [0.3, 0.4) is 0 Å². The van der Waals surface area contributed by atoms with Crippen LogP contribution < -0.4 is 5.32 Å². The number of thioether (sulfide) groups is 1. The molecular weight excluding hydrogens is 264 g/mol. The molecule has 1 aliphatic rings. The molecule has 0 bridgehead atoms. The first-order valence-electron chi connectivity index (χ1n) is 6.41. The highest BCUT2D eigenvalue weighted by atomic mass is 32.2. The van der Waals surface area contributed by atoms with Crippen LogP contribution in [0.2, 0.25) is 0 Å². The number of carboxylic acid groups (broad SMARTS) is 1. The molecule has 0 aliphatic carbocycles. The minimum absolute atomic E-state index is 0.0189. The summed E-state index contributed by atoms with van der Waals surface area (Å²) in [5, 5.41) is 11.7. The Morgan fingerprint density at radius 1 is 1.63 bits per heavy atom. The fourth-order valence-electron chi connectivity index (χ4n) is 2.01. The van der Waals surface area contributed by atoms with Gasteiger partial charge in [-0.1, -0.05) is 19.3 Å². The third-order valence-corrected chi connectivity index (χ3v) is 4.07. The van der Waals surface area contributed by atoms with Crippen LogP contribution in [0.5, 0.6) is 0 Å². The minimum Gasteiger partial charge on any atom is -0.481 e. The highest BCUT2D eigenvalue weighted by Crippen LogP contribution is 2.19. The summed E-state index contributed by atoms with van der Waals surface area (Å²) in [6.45, 7) is 2.57. The molecule has 1 fully saturated rings. The van der Waals surface area contributed by atoms with E-state index in [2.05, 4.69) is 11.2 Å². The molecule has 1 rings (SSSR count). The van der Waals surface area contributed by atoms with Gasteiger partial charge in [0, 0.05) is 18.1 Å². The van der Waals surface area contributed by atoms with E-state index in [1.807, 2.05) is 6.92 Å². The minimum atomic E-state index is -0.882. The maximum absolute atomic E-state index is 12.2. The summed E-state index contributed by atoms with van der Waals surface area (Å²) in [7, 11) is 0. The molecule has 0 radical (unpaired) electrons. The van der Waals surface area contributed by atoms with Crippen LogP contribution in [0.1, 0.15) is 26.2 Å². The molecule has 2 atom stereocenters. The Morgan fingerprint density at radius 3 is 2.95 bits per heavy atom. The molecule has 19 heavy (non-hydrogen) atoms. The second kappa shape index (κ2) is 7.95. The second-order valence-corrected chi connectivity index (χ2v) is 5.63. The molecule has 0 aromatic rings. The van der Waals surface area contributed by atoms with Crippen molar-refractivity contribution in [3.05, 3.63) is 0 Å². The summed E-state index contributed by atoms with van der Waals surface area (Å²) >= 11 is 1.68. The van der Waals surface area contributed by atoms with E-state index in [4.69, 9.17) is 11.5 Å². The van der Waals surface area contributed by atoms with Crippen LogP contribution in [-0.4, -0.2) is 52.1 Å². The van der Waals surface area contributed by atoms with Crippen molar-refractivity contribution >= 4 is 23.8 Å². The zero-order chi connectivity index (χ0) is 14.3. The molecular formula is C13H20N2O3S. The molecule has 2 amide bonds. The van der Waals surface area contributed by atoms with Crippen molar-refractivity contribution in [2.75, 3.05) is 18.1 Å². The number of hydrogen-bond donors (Lipinski definition) is 2. The lowest BCUT2D eigenvalue weighted by molar-refractivity contribution is -0.137. The number of carbonyl (C=O) groups is 2. The smallest absolute Gasteiger partial charge is 0.318 e. The molecule has 0 spiro atoms. The van der Waals surface area contributed by atoms with Crippen molar-refractivity contribution < 1.29 is 14.7 Å². The molecule has 6 heteroatoms. The van der Waals surface area contributed by atoms with Crippen LogP contribution in [0.15, 0.2) is 0 Å². The number of carboxylic acids is 1. The van der Waals surface area contributed by atoms with Crippen molar-refractivity contribution in [2.45, 2.75) is 38.3 Å². The average molecular weight is 284 g/mol. The number of terminal acetylenes is 1. The summed E-state index contributed by atoms with van der Waals surface area (Å²) in [6.07, 6.45) is 6.97. The predicted octanol–water partition coefficient (Wildman–Crippen LogP) is 1.39. The monoisotopic (exact) mass is 284 g/mol. The molecule has 0 aromatic carbocycles. The third-order valence-electron chi connectivity index (χ3n) is 2.97. The van der Waals surface area contributed by atoms with Crippen LogP contribution in [-0.2, 0) is 4.79 Å². The highest BCUT2D eigenvalue weighted by Gasteiger charge is 2.29. The second-order valence-electron chi connectivity index (χ2n) is 4.48. The van der Waals surface area contributed by atoms with Crippen molar-refractivity contribution in [3.8, 4) is 12.3 Å². The van der Waals surface area contributed by atoms with Gasteiger partial charge >= 0.3 is 12.0 Å². The van der Waals surface area contributed by atoms with Gasteiger partial charge in [0.15, 0.2) is 0 Å². The number of urea groups is 1. The van der Waals surface area contributed by atoms with Crippen LogP contribution >= 0.6 is 11.8 Å². The zero-order valence-corrected chi connectivity index (χ0v) is 11.9. The molecule has 5 nitrogen and oxygen atoms in total. The predicted molar refractivity (Wildman–Crippen MR) is 76.1 cm³/mol. The Morgan fingerprint density at radius 2 is 2.37 bits per heavy atom. The van der Waals surface area contributed by atoms with Gasteiger partial charge in [0.1, 0.15) is 0 Å². The lowest BCUT2D eigenvalue weighted by Crippen LogP contribution is -2.53. The van der Waals surface area contributed by atoms with E-state index in [9.17, 15) is 9.59 Å². The molecule has 106 valence electrons. The lowest BCUT2D eigenvalue weighted by Gasteiger charge is -2.35. The Hall–Kier alpha value is -1.35. The summed E-state index contributed by atoms with van der Waals surface area (Å²) < 4.78 is 0. The van der Waals surface area contributed by atoms with E-state index in [-0.39, 0.29) is 24.5 Å². The fraction of sp³-hybridized carbons (Fsp3) is 0.692. The van der Waals surface area contributed by atoms with Gasteiger partial charge in [-0.25, -0.2) is 4.79 Å². The van der Waals surface area contributed by atoms with Gasteiger partial charge in [0.05, 0.1) is 18.5 Å². The highest BCUT2D eigenvalue weighted by molar-refractivity contribution is 7.99. The molecule has 1 aliphatic heterocycles. The number of amides is 2. The molecule has 1 saturated heterocycles. The maximum Gasteiger partial charge on any atom is 0.318 e. The summed E-state index contributed by atoms with van der Waals surface area (Å²) in [4.78, 5) is 24.6. The number of carbonyl (C=O) groups excluding carboxylic acids is 1. The van der Waals surface area contributed by atoms with E-state index in [0.29, 0.717) is 12.3 Å². The number of aliphatic carboxylic acids is 1. The van der Waals surface area contributed by atoms with Gasteiger partial charge in [-0.05, 0) is 6.42 Å². The number of nitrogens with one attached hydrogen (secondary N) is 1. The quantitative estimate of drug-likeness (QED) is 0.749. The van der Waals surface area contributed by atoms with Gasteiger partial charge < -0.3 is 15.3 Å². The number of hydrogen-bond acceptors (Lipinski definition) is 3. The molecule has 1 heterocycles. The topological polar surface area (TPSA) is 69.6 Å². The fourth-order valence-corrected chi connectivity index (χ4v) is 3.07. The zero-order valence-electron chi connectivity index (χ0n) is 11.1. The first kappa shape index (κ1) is 15.7. The van der Waals surface area contributed by atoms with Gasteiger partial charge in [-0.3, -0.25) is 4.79 Å².